The molecule has 0 aliphatic carbocycles. The van der Waals surface area contributed by atoms with Crippen molar-refractivity contribution in [2.45, 2.75) is 6.42 Å². The molecule has 5 nitrogen and oxygen atoms in total. The van der Waals surface area contributed by atoms with Crippen LogP contribution < -0.4 is 10.6 Å². The zero-order valence-corrected chi connectivity index (χ0v) is 14.1. The predicted octanol–water partition coefficient (Wildman–Crippen LogP) is 3.35. The third-order valence-corrected chi connectivity index (χ3v) is 3.42. The third kappa shape index (κ3) is 5.88. The van der Waals surface area contributed by atoms with Crippen molar-refractivity contribution in [3.63, 3.8) is 0 Å². The Morgan fingerprint density at radius 2 is 2.04 bits per heavy atom. The van der Waals surface area contributed by atoms with E-state index in [0.717, 1.165) is 25.2 Å². The normalized spacial score (nSPS) is 10.6. The number of pyridine rings is 1. The van der Waals surface area contributed by atoms with Gasteiger partial charge in [-0.2, -0.15) is 0 Å². The van der Waals surface area contributed by atoms with E-state index in [9.17, 15) is 4.79 Å². The largest absolute Gasteiger partial charge is 0.384 e. The minimum atomic E-state index is -0.258. The van der Waals surface area contributed by atoms with Crippen LogP contribution in [0.5, 0.6) is 0 Å². The number of rotatable bonds is 7. The number of anilines is 2. The standard InChI is InChI=1S/C17H21ClN4O/c1-22(2)10-4-9-19-15-7-8-16(20-12-15)17(23)21-14-6-3-5-13(18)11-14/h3,5-8,11-12,19H,4,9-10H2,1-2H3,(H,21,23). The molecule has 1 heterocycles. The summed E-state index contributed by atoms with van der Waals surface area (Å²) in [5, 5.41) is 6.63. The zero-order chi connectivity index (χ0) is 16.7. The lowest BCUT2D eigenvalue weighted by atomic mass is 10.2. The van der Waals surface area contributed by atoms with Crippen molar-refractivity contribution < 1.29 is 4.79 Å². The van der Waals surface area contributed by atoms with Gasteiger partial charge in [-0.25, -0.2) is 4.98 Å². The summed E-state index contributed by atoms with van der Waals surface area (Å²) in [6.07, 6.45) is 2.71. The van der Waals surface area contributed by atoms with E-state index in [1.807, 2.05) is 6.07 Å². The van der Waals surface area contributed by atoms with Crippen molar-refractivity contribution in [2.75, 3.05) is 37.8 Å². The molecule has 1 aromatic heterocycles. The van der Waals surface area contributed by atoms with Crippen molar-refractivity contribution in [3.05, 3.63) is 53.3 Å². The van der Waals surface area contributed by atoms with E-state index < -0.39 is 0 Å². The van der Waals surface area contributed by atoms with Crippen molar-refractivity contribution in [1.29, 1.82) is 0 Å². The van der Waals surface area contributed by atoms with Gasteiger partial charge < -0.3 is 15.5 Å². The Morgan fingerprint density at radius 1 is 1.22 bits per heavy atom. The maximum Gasteiger partial charge on any atom is 0.274 e. The van der Waals surface area contributed by atoms with Crippen LogP contribution in [0.15, 0.2) is 42.6 Å². The van der Waals surface area contributed by atoms with E-state index in [1.54, 1.807) is 36.5 Å². The summed E-state index contributed by atoms with van der Waals surface area (Å²) in [5.74, 6) is -0.258. The molecule has 0 aliphatic heterocycles. The van der Waals surface area contributed by atoms with Gasteiger partial charge in [-0.3, -0.25) is 4.79 Å². The Bertz CT molecular complexity index is 643. The molecule has 0 atom stereocenters. The van der Waals surface area contributed by atoms with Gasteiger partial charge in [0.15, 0.2) is 0 Å². The smallest absolute Gasteiger partial charge is 0.274 e. The first-order valence-electron chi connectivity index (χ1n) is 7.46. The average molecular weight is 333 g/mol. The first kappa shape index (κ1) is 17.2. The molecular formula is C17H21ClN4O. The summed E-state index contributed by atoms with van der Waals surface area (Å²) in [5.41, 5.74) is 1.92. The van der Waals surface area contributed by atoms with Gasteiger partial charge in [0.25, 0.3) is 5.91 Å². The molecule has 122 valence electrons. The number of carbonyl (C=O) groups is 1. The highest BCUT2D eigenvalue weighted by atomic mass is 35.5. The zero-order valence-electron chi connectivity index (χ0n) is 13.3. The number of halogens is 1. The molecule has 0 unspecified atom stereocenters. The van der Waals surface area contributed by atoms with Crippen LogP contribution in [0.25, 0.3) is 0 Å². The summed E-state index contributed by atoms with van der Waals surface area (Å²) < 4.78 is 0. The molecule has 2 rings (SSSR count). The highest BCUT2D eigenvalue weighted by Crippen LogP contribution is 2.16. The predicted molar refractivity (Wildman–Crippen MR) is 95.3 cm³/mol. The maximum atomic E-state index is 12.1. The number of hydrogen-bond donors (Lipinski definition) is 2. The summed E-state index contributed by atoms with van der Waals surface area (Å²) in [4.78, 5) is 18.5. The molecular weight excluding hydrogens is 312 g/mol. The van der Waals surface area contributed by atoms with E-state index >= 15 is 0 Å². The van der Waals surface area contributed by atoms with Crippen LogP contribution in [-0.2, 0) is 0 Å². The lowest BCUT2D eigenvalue weighted by Gasteiger charge is -2.10. The summed E-state index contributed by atoms with van der Waals surface area (Å²) in [7, 11) is 4.10. The number of nitrogens with zero attached hydrogens (tertiary/aromatic N) is 2. The van der Waals surface area contributed by atoms with Gasteiger partial charge >= 0.3 is 0 Å². The number of hydrogen-bond acceptors (Lipinski definition) is 4. The van der Waals surface area contributed by atoms with Crippen LogP contribution in [0, 0.1) is 0 Å². The number of amides is 1. The number of carbonyl (C=O) groups excluding carboxylic acids is 1. The number of aromatic nitrogens is 1. The van der Waals surface area contributed by atoms with Crippen molar-refractivity contribution in [1.82, 2.24) is 9.88 Å². The summed E-state index contributed by atoms with van der Waals surface area (Å²) in [6.45, 7) is 1.90. The van der Waals surface area contributed by atoms with Crippen molar-refractivity contribution >= 4 is 28.9 Å². The maximum absolute atomic E-state index is 12.1. The van der Waals surface area contributed by atoms with E-state index in [-0.39, 0.29) is 5.91 Å². The fourth-order valence-electron chi connectivity index (χ4n) is 2.02. The molecule has 0 aliphatic rings. The van der Waals surface area contributed by atoms with E-state index in [0.29, 0.717) is 16.4 Å². The number of nitrogens with one attached hydrogen (secondary N) is 2. The molecule has 0 saturated carbocycles. The van der Waals surface area contributed by atoms with Crippen LogP contribution >= 0.6 is 11.6 Å². The van der Waals surface area contributed by atoms with Gasteiger partial charge in [0, 0.05) is 17.3 Å². The third-order valence-electron chi connectivity index (χ3n) is 3.19. The lowest BCUT2D eigenvalue weighted by Crippen LogP contribution is -2.16. The quantitative estimate of drug-likeness (QED) is 0.763. The second-order valence-corrected chi connectivity index (χ2v) is 5.92. The molecule has 0 fully saturated rings. The molecule has 23 heavy (non-hydrogen) atoms. The van der Waals surface area contributed by atoms with Gasteiger partial charge in [-0.05, 0) is 57.4 Å². The molecule has 2 aromatic rings. The lowest BCUT2D eigenvalue weighted by molar-refractivity contribution is 0.102. The van der Waals surface area contributed by atoms with Crippen LogP contribution in [0.1, 0.15) is 16.9 Å². The van der Waals surface area contributed by atoms with E-state index in [1.165, 1.54) is 0 Å². The van der Waals surface area contributed by atoms with Gasteiger partial charge in [0.05, 0.1) is 11.9 Å². The average Bonchev–Trinajstić information content (AvgIpc) is 2.52. The highest BCUT2D eigenvalue weighted by molar-refractivity contribution is 6.30. The van der Waals surface area contributed by atoms with Crippen LogP contribution in [0.4, 0.5) is 11.4 Å². The van der Waals surface area contributed by atoms with Crippen LogP contribution in [-0.4, -0.2) is 43.0 Å². The fourth-order valence-corrected chi connectivity index (χ4v) is 2.21. The Hall–Kier alpha value is -2.11. The van der Waals surface area contributed by atoms with Crippen LogP contribution in [0.3, 0.4) is 0 Å². The fraction of sp³-hybridized carbons (Fsp3) is 0.294. The summed E-state index contributed by atoms with van der Waals surface area (Å²) >= 11 is 5.90. The van der Waals surface area contributed by atoms with Crippen molar-refractivity contribution in [2.24, 2.45) is 0 Å². The monoisotopic (exact) mass is 332 g/mol. The number of benzene rings is 1. The molecule has 0 radical (unpaired) electrons. The second-order valence-electron chi connectivity index (χ2n) is 5.48. The molecule has 1 aromatic carbocycles. The minimum Gasteiger partial charge on any atom is -0.384 e. The first-order valence-corrected chi connectivity index (χ1v) is 7.84. The van der Waals surface area contributed by atoms with Crippen LogP contribution in [0.2, 0.25) is 5.02 Å². The summed E-state index contributed by atoms with van der Waals surface area (Å²) in [6, 6.07) is 10.6. The van der Waals surface area contributed by atoms with Gasteiger partial charge in [0.1, 0.15) is 5.69 Å². The Balaban J connectivity index is 1.87. The SMILES string of the molecule is CN(C)CCCNc1ccc(C(=O)Nc2cccc(Cl)c2)nc1. The van der Waals surface area contributed by atoms with E-state index in [4.69, 9.17) is 11.6 Å². The molecule has 0 spiro atoms. The molecule has 6 heteroatoms. The van der Waals surface area contributed by atoms with Gasteiger partial charge in [-0.1, -0.05) is 17.7 Å². The Kier molecular flexibility index (Phi) is 6.38. The molecule has 0 saturated heterocycles. The molecule has 1 amide bonds. The highest BCUT2D eigenvalue weighted by Gasteiger charge is 2.07. The Labute approximate surface area is 141 Å². The first-order chi connectivity index (χ1) is 11.0. The van der Waals surface area contributed by atoms with Gasteiger partial charge in [0.2, 0.25) is 0 Å². The molecule has 2 N–H and O–H groups in total. The van der Waals surface area contributed by atoms with E-state index in [2.05, 4.69) is 34.6 Å². The molecule has 0 bridgehead atoms. The minimum absolute atomic E-state index is 0.258. The van der Waals surface area contributed by atoms with Gasteiger partial charge in [-0.15, -0.1) is 0 Å². The second kappa shape index (κ2) is 8.50. The van der Waals surface area contributed by atoms with Crippen molar-refractivity contribution in [3.8, 4) is 0 Å². The topological polar surface area (TPSA) is 57.3 Å². The Morgan fingerprint density at radius 3 is 2.70 bits per heavy atom.